The van der Waals surface area contributed by atoms with Gasteiger partial charge in [0.15, 0.2) is 0 Å². The minimum Gasteiger partial charge on any atom is -0.310 e. The van der Waals surface area contributed by atoms with Gasteiger partial charge in [-0.2, -0.15) is 0 Å². The summed E-state index contributed by atoms with van der Waals surface area (Å²) >= 11 is 6.13. The van der Waals surface area contributed by atoms with Crippen molar-refractivity contribution in [3.8, 4) is 0 Å². The summed E-state index contributed by atoms with van der Waals surface area (Å²) in [6, 6.07) is 17.4. The zero-order chi connectivity index (χ0) is 15.1. The fourth-order valence-corrected chi connectivity index (χ4v) is 2.69. The highest BCUT2D eigenvalue weighted by molar-refractivity contribution is 6.30. The highest BCUT2D eigenvalue weighted by Gasteiger charge is 2.11. The van der Waals surface area contributed by atoms with Gasteiger partial charge in [-0.05, 0) is 56.0 Å². The Morgan fingerprint density at radius 2 is 1.86 bits per heavy atom. The smallest absolute Gasteiger partial charge is 0.0409 e. The first-order valence-electron chi connectivity index (χ1n) is 7.73. The van der Waals surface area contributed by atoms with Gasteiger partial charge in [0.2, 0.25) is 0 Å². The summed E-state index contributed by atoms with van der Waals surface area (Å²) in [5.74, 6) is 0. The molecule has 2 rings (SSSR count). The molecule has 0 heterocycles. The number of hydrogen-bond donors (Lipinski definition) is 1. The number of aryl methyl sites for hydroxylation is 2. The van der Waals surface area contributed by atoms with Crippen LogP contribution in [0.2, 0.25) is 5.02 Å². The van der Waals surface area contributed by atoms with Gasteiger partial charge in [-0.3, -0.25) is 0 Å². The van der Waals surface area contributed by atoms with Crippen LogP contribution in [0.1, 0.15) is 42.5 Å². The lowest BCUT2D eigenvalue weighted by Crippen LogP contribution is -2.22. The predicted octanol–water partition coefficient (Wildman–Crippen LogP) is 5.32. The van der Waals surface area contributed by atoms with Crippen LogP contribution >= 0.6 is 11.6 Å². The van der Waals surface area contributed by atoms with E-state index in [0.29, 0.717) is 6.04 Å². The van der Waals surface area contributed by atoms with Crippen LogP contribution in [0.3, 0.4) is 0 Å². The number of hydrogen-bond acceptors (Lipinski definition) is 1. The number of benzene rings is 2. The van der Waals surface area contributed by atoms with Crippen molar-refractivity contribution >= 4 is 11.6 Å². The van der Waals surface area contributed by atoms with Crippen molar-refractivity contribution in [2.24, 2.45) is 0 Å². The first-order valence-corrected chi connectivity index (χ1v) is 8.11. The average Bonchev–Trinajstić information content (AvgIpc) is 2.49. The van der Waals surface area contributed by atoms with Crippen LogP contribution < -0.4 is 5.32 Å². The fraction of sp³-hybridized carbons (Fsp3) is 0.368. The van der Waals surface area contributed by atoms with Gasteiger partial charge in [-0.1, -0.05) is 60.5 Å². The van der Waals surface area contributed by atoms with Gasteiger partial charge in [0.25, 0.3) is 0 Å². The average molecular weight is 302 g/mol. The molecule has 1 N–H and O–H groups in total. The molecule has 2 aromatic rings. The molecule has 1 unspecified atom stereocenters. The van der Waals surface area contributed by atoms with Crippen molar-refractivity contribution in [2.75, 3.05) is 6.54 Å². The molecule has 0 fully saturated rings. The molecule has 0 bridgehead atoms. The topological polar surface area (TPSA) is 12.0 Å². The Hall–Kier alpha value is -1.31. The highest BCUT2D eigenvalue weighted by Crippen LogP contribution is 2.22. The Kier molecular flexibility index (Phi) is 6.28. The molecule has 0 aliphatic heterocycles. The molecule has 112 valence electrons. The molecule has 0 spiro atoms. The third-order valence-corrected chi connectivity index (χ3v) is 3.97. The predicted molar refractivity (Wildman–Crippen MR) is 92.0 cm³/mol. The molecule has 0 saturated carbocycles. The molecule has 2 aromatic carbocycles. The van der Waals surface area contributed by atoms with Gasteiger partial charge in [0, 0.05) is 11.1 Å². The quantitative estimate of drug-likeness (QED) is 0.729. The lowest BCUT2D eigenvalue weighted by molar-refractivity contribution is 0.499. The minimum atomic E-state index is 0.366. The second kappa shape index (κ2) is 8.21. The zero-order valence-corrected chi connectivity index (χ0v) is 13.7. The molecule has 0 aliphatic carbocycles. The van der Waals surface area contributed by atoms with E-state index in [4.69, 9.17) is 11.6 Å². The molecule has 1 atom stereocenters. The Morgan fingerprint density at radius 3 is 2.52 bits per heavy atom. The molecule has 0 amide bonds. The van der Waals surface area contributed by atoms with Crippen LogP contribution in [0.5, 0.6) is 0 Å². The molecule has 0 aliphatic rings. The number of rotatable bonds is 7. The SMILES string of the molecule is CCCNC(CCc1ccc(C)cc1)c1cccc(Cl)c1. The molecule has 1 nitrogen and oxygen atoms in total. The van der Waals surface area contributed by atoms with E-state index in [1.165, 1.54) is 16.7 Å². The highest BCUT2D eigenvalue weighted by atomic mass is 35.5. The van der Waals surface area contributed by atoms with Crippen molar-refractivity contribution in [2.45, 2.75) is 39.2 Å². The molecular weight excluding hydrogens is 278 g/mol. The van der Waals surface area contributed by atoms with Gasteiger partial charge < -0.3 is 5.32 Å². The summed E-state index contributed by atoms with van der Waals surface area (Å²) in [6.07, 6.45) is 3.30. The van der Waals surface area contributed by atoms with Crippen molar-refractivity contribution < 1.29 is 0 Å². The molecule has 0 saturated heterocycles. The van der Waals surface area contributed by atoms with Gasteiger partial charge in [0.05, 0.1) is 0 Å². The third-order valence-electron chi connectivity index (χ3n) is 3.73. The van der Waals surface area contributed by atoms with Crippen LogP contribution in [0, 0.1) is 6.92 Å². The normalized spacial score (nSPS) is 12.3. The Balaban J connectivity index is 2.04. The van der Waals surface area contributed by atoms with Gasteiger partial charge in [-0.25, -0.2) is 0 Å². The number of nitrogens with one attached hydrogen (secondary N) is 1. The maximum absolute atomic E-state index is 6.13. The van der Waals surface area contributed by atoms with Crippen molar-refractivity contribution in [3.63, 3.8) is 0 Å². The zero-order valence-electron chi connectivity index (χ0n) is 12.9. The minimum absolute atomic E-state index is 0.366. The Labute approximate surface area is 133 Å². The van der Waals surface area contributed by atoms with Crippen LogP contribution in [0.15, 0.2) is 48.5 Å². The van der Waals surface area contributed by atoms with Gasteiger partial charge >= 0.3 is 0 Å². The van der Waals surface area contributed by atoms with Crippen molar-refractivity contribution in [1.29, 1.82) is 0 Å². The summed E-state index contributed by atoms with van der Waals surface area (Å²) in [4.78, 5) is 0. The second-order valence-corrected chi connectivity index (χ2v) is 6.02. The Morgan fingerprint density at radius 1 is 1.10 bits per heavy atom. The molecular formula is C19H24ClN. The van der Waals surface area contributed by atoms with E-state index >= 15 is 0 Å². The molecule has 2 heteroatoms. The summed E-state index contributed by atoms with van der Waals surface area (Å²) < 4.78 is 0. The standard InChI is InChI=1S/C19H24ClN/c1-3-13-21-19(17-5-4-6-18(20)14-17)12-11-16-9-7-15(2)8-10-16/h4-10,14,19,21H,3,11-13H2,1-2H3. The van der Waals surface area contributed by atoms with Crippen LogP contribution in [-0.4, -0.2) is 6.54 Å². The molecule has 0 radical (unpaired) electrons. The van der Waals surface area contributed by atoms with E-state index in [1.54, 1.807) is 0 Å². The maximum Gasteiger partial charge on any atom is 0.0409 e. The third kappa shape index (κ3) is 5.18. The Bertz CT molecular complexity index is 548. The summed E-state index contributed by atoms with van der Waals surface area (Å²) in [5.41, 5.74) is 3.99. The molecule has 0 aromatic heterocycles. The first kappa shape index (κ1) is 16.1. The monoisotopic (exact) mass is 301 g/mol. The summed E-state index contributed by atoms with van der Waals surface area (Å²) in [5, 5.41) is 4.45. The maximum atomic E-state index is 6.13. The lowest BCUT2D eigenvalue weighted by Gasteiger charge is -2.19. The van der Waals surface area contributed by atoms with Crippen LogP contribution in [-0.2, 0) is 6.42 Å². The van der Waals surface area contributed by atoms with E-state index in [2.05, 4.69) is 55.6 Å². The van der Waals surface area contributed by atoms with E-state index in [-0.39, 0.29) is 0 Å². The van der Waals surface area contributed by atoms with E-state index < -0.39 is 0 Å². The van der Waals surface area contributed by atoms with Crippen molar-refractivity contribution in [1.82, 2.24) is 5.32 Å². The van der Waals surface area contributed by atoms with Gasteiger partial charge in [0.1, 0.15) is 0 Å². The van der Waals surface area contributed by atoms with Crippen LogP contribution in [0.4, 0.5) is 0 Å². The van der Waals surface area contributed by atoms with E-state index in [1.807, 2.05) is 12.1 Å². The van der Waals surface area contributed by atoms with E-state index in [9.17, 15) is 0 Å². The fourth-order valence-electron chi connectivity index (χ4n) is 2.49. The largest absolute Gasteiger partial charge is 0.310 e. The van der Waals surface area contributed by atoms with Crippen molar-refractivity contribution in [3.05, 3.63) is 70.2 Å². The van der Waals surface area contributed by atoms with Gasteiger partial charge in [-0.15, -0.1) is 0 Å². The summed E-state index contributed by atoms with van der Waals surface area (Å²) in [6.45, 7) is 5.36. The van der Waals surface area contributed by atoms with Crippen LogP contribution in [0.25, 0.3) is 0 Å². The first-order chi connectivity index (χ1) is 10.2. The second-order valence-electron chi connectivity index (χ2n) is 5.59. The number of halogens is 1. The lowest BCUT2D eigenvalue weighted by atomic mass is 9.98. The molecule has 21 heavy (non-hydrogen) atoms. The summed E-state index contributed by atoms with van der Waals surface area (Å²) in [7, 11) is 0. The van der Waals surface area contributed by atoms with E-state index in [0.717, 1.165) is 30.8 Å².